The van der Waals surface area contributed by atoms with Crippen molar-refractivity contribution in [2.24, 2.45) is 0 Å². The van der Waals surface area contributed by atoms with Crippen LogP contribution in [-0.4, -0.2) is 26.0 Å². The van der Waals surface area contributed by atoms with Gasteiger partial charge in [-0.2, -0.15) is 11.8 Å². The van der Waals surface area contributed by atoms with Gasteiger partial charge in [0.25, 0.3) is 0 Å². The highest BCUT2D eigenvalue weighted by Crippen LogP contribution is 2.29. The fraction of sp³-hybridized carbons (Fsp3) is 0.538. The van der Waals surface area contributed by atoms with Crippen LogP contribution < -0.4 is 10.5 Å². The van der Waals surface area contributed by atoms with E-state index in [0.29, 0.717) is 15.8 Å². The molecular weight excluding hydrogens is 280 g/mol. The quantitative estimate of drug-likeness (QED) is 0.836. The van der Waals surface area contributed by atoms with Gasteiger partial charge in [-0.1, -0.05) is 6.42 Å². The highest BCUT2D eigenvalue weighted by Gasteiger charge is 2.30. The fourth-order valence-corrected chi connectivity index (χ4v) is 4.84. The number of rotatable bonds is 4. The van der Waals surface area contributed by atoms with E-state index in [0.717, 1.165) is 24.8 Å². The maximum Gasteiger partial charge on any atom is 0.240 e. The van der Waals surface area contributed by atoms with Crippen molar-refractivity contribution in [1.82, 2.24) is 4.72 Å². The van der Waals surface area contributed by atoms with Crippen molar-refractivity contribution in [3.05, 3.63) is 23.8 Å². The molecule has 0 amide bonds. The Balaban J connectivity index is 2.20. The summed E-state index contributed by atoms with van der Waals surface area (Å²) < 4.78 is 27.5. The standard InChI is InChI=1S/C13H20N2O2S2/c1-9-8-10(6-7-11(9)14)19(16,17)15-12-4-3-5-13(12)18-2/h6-8,12-13,15H,3-5,14H2,1-2H3. The molecule has 19 heavy (non-hydrogen) atoms. The molecule has 0 spiro atoms. The highest BCUT2D eigenvalue weighted by atomic mass is 32.2. The number of nitrogens with two attached hydrogens (primary N) is 1. The second kappa shape index (κ2) is 5.73. The number of hydrogen-bond acceptors (Lipinski definition) is 4. The van der Waals surface area contributed by atoms with Gasteiger partial charge in [-0.05, 0) is 49.8 Å². The Labute approximate surface area is 119 Å². The normalized spacial score (nSPS) is 23.7. The van der Waals surface area contributed by atoms with Crippen LogP contribution in [0.3, 0.4) is 0 Å². The van der Waals surface area contributed by atoms with Gasteiger partial charge >= 0.3 is 0 Å². The summed E-state index contributed by atoms with van der Waals surface area (Å²) in [4.78, 5) is 0.297. The van der Waals surface area contributed by atoms with Gasteiger partial charge in [0, 0.05) is 17.0 Å². The second-order valence-corrected chi connectivity index (χ2v) is 7.74. The van der Waals surface area contributed by atoms with E-state index < -0.39 is 10.0 Å². The van der Waals surface area contributed by atoms with Crippen molar-refractivity contribution in [1.29, 1.82) is 0 Å². The summed E-state index contributed by atoms with van der Waals surface area (Å²) >= 11 is 1.74. The zero-order valence-corrected chi connectivity index (χ0v) is 12.9. The van der Waals surface area contributed by atoms with Gasteiger partial charge in [-0.3, -0.25) is 0 Å². The number of hydrogen-bond donors (Lipinski definition) is 2. The van der Waals surface area contributed by atoms with E-state index in [1.54, 1.807) is 30.0 Å². The summed E-state index contributed by atoms with van der Waals surface area (Å²) in [6, 6.07) is 4.87. The summed E-state index contributed by atoms with van der Waals surface area (Å²) in [6.07, 6.45) is 5.11. The minimum Gasteiger partial charge on any atom is -0.399 e. The lowest BCUT2D eigenvalue weighted by Gasteiger charge is -2.19. The van der Waals surface area contributed by atoms with E-state index in [1.165, 1.54) is 0 Å². The maximum absolute atomic E-state index is 12.4. The fourth-order valence-electron chi connectivity index (χ4n) is 2.43. The van der Waals surface area contributed by atoms with Gasteiger partial charge in [0.2, 0.25) is 10.0 Å². The van der Waals surface area contributed by atoms with Crippen molar-refractivity contribution >= 4 is 27.5 Å². The molecule has 1 aliphatic carbocycles. The largest absolute Gasteiger partial charge is 0.399 e. The molecule has 1 aliphatic rings. The summed E-state index contributed by atoms with van der Waals surface area (Å²) in [7, 11) is -3.44. The van der Waals surface area contributed by atoms with E-state index in [9.17, 15) is 8.42 Å². The Morgan fingerprint density at radius 1 is 1.37 bits per heavy atom. The number of thioether (sulfide) groups is 1. The first kappa shape index (κ1) is 14.7. The van der Waals surface area contributed by atoms with Crippen LogP contribution in [-0.2, 0) is 10.0 Å². The first-order valence-corrected chi connectivity index (χ1v) is 9.12. The zero-order chi connectivity index (χ0) is 14.0. The highest BCUT2D eigenvalue weighted by molar-refractivity contribution is 7.99. The first-order valence-electron chi connectivity index (χ1n) is 6.35. The molecule has 0 bridgehead atoms. The zero-order valence-electron chi connectivity index (χ0n) is 11.2. The second-order valence-electron chi connectivity index (χ2n) is 4.95. The predicted molar refractivity (Wildman–Crippen MR) is 80.9 cm³/mol. The van der Waals surface area contributed by atoms with E-state index in [2.05, 4.69) is 4.72 Å². The molecule has 1 aromatic rings. The van der Waals surface area contributed by atoms with Crippen LogP contribution in [0.25, 0.3) is 0 Å². The molecule has 1 aromatic carbocycles. The van der Waals surface area contributed by atoms with Gasteiger partial charge in [0.1, 0.15) is 0 Å². The number of nitrogens with one attached hydrogen (secondary N) is 1. The van der Waals surface area contributed by atoms with Gasteiger partial charge in [-0.25, -0.2) is 13.1 Å². The number of nitrogen functional groups attached to an aromatic ring is 1. The van der Waals surface area contributed by atoms with Gasteiger partial charge in [0.15, 0.2) is 0 Å². The molecule has 6 heteroatoms. The third-order valence-corrected chi connectivity index (χ3v) is 6.27. The van der Waals surface area contributed by atoms with Crippen LogP contribution >= 0.6 is 11.8 Å². The minimum atomic E-state index is -3.44. The molecule has 0 heterocycles. The van der Waals surface area contributed by atoms with E-state index >= 15 is 0 Å². The van der Waals surface area contributed by atoms with Crippen LogP contribution in [0.1, 0.15) is 24.8 Å². The van der Waals surface area contributed by atoms with Crippen LogP contribution in [0, 0.1) is 6.92 Å². The van der Waals surface area contributed by atoms with Gasteiger partial charge in [0.05, 0.1) is 4.90 Å². The third kappa shape index (κ3) is 3.24. The SMILES string of the molecule is CSC1CCCC1NS(=O)(=O)c1ccc(N)c(C)c1. The Hall–Kier alpha value is -0.720. The summed E-state index contributed by atoms with van der Waals surface area (Å²) in [5.74, 6) is 0. The predicted octanol–water partition coefficient (Wildman–Crippen LogP) is 2.14. The molecule has 0 aromatic heterocycles. The molecule has 2 unspecified atom stereocenters. The Morgan fingerprint density at radius 2 is 2.11 bits per heavy atom. The lowest BCUT2D eigenvalue weighted by molar-refractivity contribution is 0.555. The smallest absolute Gasteiger partial charge is 0.240 e. The summed E-state index contributed by atoms with van der Waals surface area (Å²) in [5, 5.41) is 0.379. The molecule has 106 valence electrons. The van der Waals surface area contributed by atoms with Gasteiger partial charge < -0.3 is 5.73 Å². The van der Waals surface area contributed by atoms with Crippen LogP contribution in [0.4, 0.5) is 5.69 Å². The monoisotopic (exact) mass is 300 g/mol. The van der Waals surface area contributed by atoms with Crippen LogP contribution in [0.5, 0.6) is 0 Å². The lowest BCUT2D eigenvalue weighted by Crippen LogP contribution is -2.38. The molecule has 2 rings (SSSR count). The van der Waals surface area contributed by atoms with Crippen LogP contribution in [0.15, 0.2) is 23.1 Å². The van der Waals surface area contributed by atoms with Crippen molar-refractivity contribution in [2.75, 3.05) is 12.0 Å². The Morgan fingerprint density at radius 3 is 2.74 bits per heavy atom. The molecule has 0 radical (unpaired) electrons. The van der Waals surface area contributed by atoms with Crippen molar-refractivity contribution in [2.45, 2.75) is 42.4 Å². The molecule has 4 nitrogen and oxygen atoms in total. The molecule has 3 N–H and O–H groups in total. The number of sulfonamides is 1. The number of benzene rings is 1. The van der Waals surface area contributed by atoms with Crippen molar-refractivity contribution in [3.63, 3.8) is 0 Å². The molecule has 1 saturated carbocycles. The first-order chi connectivity index (χ1) is 8.94. The van der Waals surface area contributed by atoms with Crippen molar-refractivity contribution < 1.29 is 8.42 Å². The average molecular weight is 300 g/mol. The molecule has 0 saturated heterocycles. The Kier molecular flexibility index (Phi) is 4.43. The van der Waals surface area contributed by atoms with Gasteiger partial charge in [-0.15, -0.1) is 0 Å². The summed E-state index contributed by atoms with van der Waals surface area (Å²) in [6.45, 7) is 1.81. The minimum absolute atomic E-state index is 0.0397. The maximum atomic E-state index is 12.4. The van der Waals surface area contributed by atoms with Crippen molar-refractivity contribution in [3.8, 4) is 0 Å². The number of anilines is 1. The summed E-state index contributed by atoms with van der Waals surface area (Å²) in [5.41, 5.74) is 7.12. The molecule has 1 fully saturated rings. The molecule has 0 aliphatic heterocycles. The third-order valence-electron chi connectivity index (χ3n) is 3.61. The lowest BCUT2D eigenvalue weighted by atomic mass is 10.2. The molecule has 2 atom stereocenters. The van der Waals surface area contributed by atoms with E-state index in [4.69, 9.17) is 5.73 Å². The molecular formula is C13H20N2O2S2. The van der Waals surface area contributed by atoms with E-state index in [-0.39, 0.29) is 6.04 Å². The van der Waals surface area contributed by atoms with E-state index in [1.807, 2.05) is 13.2 Å². The average Bonchev–Trinajstić information content (AvgIpc) is 2.79. The number of aryl methyl sites for hydroxylation is 1. The topological polar surface area (TPSA) is 72.2 Å². The Bertz CT molecular complexity index is 558. The van der Waals surface area contributed by atoms with Crippen LogP contribution in [0.2, 0.25) is 0 Å².